The second-order valence-electron chi connectivity index (χ2n) is 6.91. The lowest BCUT2D eigenvalue weighted by molar-refractivity contribution is -0.143. The van der Waals surface area contributed by atoms with Crippen molar-refractivity contribution in [1.82, 2.24) is 4.90 Å². The summed E-state index contributed by atoms with van der Waals surface area (Å²) in [5, 5.41) is 0.642. The van der Waals surface area contributed by atoms with Gasteiger partial charge in [0.1, 0.15) is 6.10 Å². The number of rotatable bonds is 3. The number of benzene rings is 2. The van der Waals surface area contributed by atoms with Gasteiger partial charge in [0.2, 0.25) is 11.8 Å². The second kappa shape index (κ2) is 7.71. The summed E-state index contributed by atoms with van der Waals surface area (Å²) in [6, 6.07) is 17.0. The largest absolute Gasteiger partial charge is 0.370 e. The van der Waals surface area contributed by atoms with Crippen molar-refractivity contribution in [3.8, 4) is 0 Å². The van der Waals surface area contributed by atoms with Crippen LogP contribution < -0.4 is 4.90 Å². The fourth-order valence-electron chi connectivity index (χ4n) is 3.76. The molecule has 27 heavy (non-hydrogen) atoms. The summed E-state index contributed by atoms with van der Waals surface area (Å²) in [4.78, 5) is 29.0. The number of nitrogens with zero attached hydrogens (tertiary/aromatic N) is 2. The van der Waals surface area contributed by atoms with Crippen LogP contribution in [0.15, 0.2) is 54.6 Å². The van der Waals surface area contributed by atoms with Gasteiger partial charge in [-0.25, -0.2) is 0 Å². The third-order valence-electron chi connectivity index (χ3n) is 5.17. The number of morpholine rings is 1. The van der Waals surface area contributed by atoms with Crippen molar-refractivity contribution in [2.24, 2.45) is 5.92 Å². The summed E-state index contributed by atoms with van der Waals surface area (Å²) in [5.74, 6) is -0.305. The third-order valence-corrected chi connectivity index (χ3v) is 5.52. The highest BCUT2D eigenvalue weighted by atomic mass is 35.5. The lowest BCUT2D eigenvalue weighted by Gasteiger charge is -2.34. The summed E-state index contributed by atoms with van der Waals surface area (Å²) < 4.78 is 5.84. The zero-order valence-electron chi connectivity index (χ0n) is 14.9. The maximum atomic E-state index is 13.0. The van der Waals surface area contributed by atoms with E-state index in [0.717, 1.165) is 11.3 Å². The van der Waals surface area contributed by atoms with E-state index in [-0.39, 0.29) is 30.3 Å². The van der Waals surface area contributed by atoms with Crippen molar-refractivity contribution in [3.63, 3.8) is 0 Å². The quantitative estimate of drug-likeness (QED) is 0.815. The molecule has 0 saturated carbocycles. The van der Waals surface area contributed by atoms with Gasteiger partial charge in [-0.05, 0) is 18.2 Å². The van der Waals surface area contributed by atoms with Crippen LogP contribution in [0.25, 0.3) is 0 Å². The molecule has 2 aliphatic rings. The van der Waals surface area contributed by atoms with Crippen LogP contribution in [0.4, 0.5) is 5.69 Å². The second-order valence-corrected chi connectivity index (χ2v) is 7.31. The highest BCUT2D eigenvalue weighted by Crippen LogP contribution is 2.31. The minimum absolute atomic E-state index is 0.00420. The first-order chi connectivity index (χ1) is 13.1. The van der Waals surface area contributed by atoms with E-state index < -0.39 is 0 Å². The highest BCUT2D eigenvalue weighted by molar-refractivity contribution is 6.31. The monoisotopic (exact) mass is 384 g/mol. The minimum Gasteiger partial charge on any atom is -0.370 e. The van der Waals surface area contributed by atoms with E-state index in [1.54, 1.807) is 4.90 Å². The Hall–Kier alpha value is -2.37. The Balaban J connectivity index is 1.45. The fourth-order valence-corrected chi connectivity index (χ4v) is 4.02. The van der Waals surface area contributed by atoms with Crippen molar-refractivity contribution in [1.29, 1.82) is 0 Å². The average molecular weight is 385 g/mol. The van der Waals surface area contributed by atoms with Crippen LogP contribution in [0.3, 0.4) is 0 Å². The molecule has 2 amide bonds. The van der Waals surface area contributed by atoms with E-state index in [9.17, 15) is 9.59 Å². The molecule has 2 fully saturated rings. The van der Waals surface area contributed by atoms with Crippen LogP contribution in [0.5, 0.6) is 0 Å². The Morgan fingerprint density at radius 1 is 1.04 bits per heavy atom. The summed E-state index contributed by atoms with van der Waals surface area (Å²) >= 11 is 6.28. The highest BCUT2D eigenvalue weighted by Gasteiger charge is 2.38. The molecule has 140 valence electrons. The first-order valence-corrected chi connectivity index (χ1v) is 9.51. The molecule has 0 aliphatic carbocycles. The first kappa shape index (κ1) is 18.0. The van der Waals surface area contributed by atoms with Gasteiger partial charge < -0.3 is 14.5 Å². The van der Waals surface area contributed by atoms with Crippen LogP contribution in [0.1, 0.15) is 18.1 Å². The molecular formula is C21H21ClN2O3. The van der Waals surface area contributed by atoms with Gasteiger partial charge in [0.25, 0.3) is 0 Å². The topological polar surface area (TPSA) is 49.9 Å². The van der Waals surface area contributed by atoms with Crippen molar-refractivity contribution in [2.45, 2.75) is 12.5 Å². The molecule has 2 aliphatic heterocycles. The zero-order valence-corrected chi connectivity index (χ0v) is 15.6. The van der Waals surface area contributed by atoms with Crippen LogP contribution in [0.2, 0.25) is 5.02 Å². The Labute approximate surface area is 163 Å². The van der Waals surface area contributed by atoms with Gasteiger partial charge in [-0.2, -0.15) is 0 Å². The maximum Gasteiger partial charge on any atom is 0.228 e. The first-order valence-electron chi connectivity index (χ1n) is 9.13. The molecule has 4 rings (SSSR count). The van der Waals surface area contributed by atoms with Crippen molar-refractivity contribution in [3.05, 3.63) is 65.2 Å². The Morgan fingerprint density at radius 3 is 2.56 bits per heavy atom. The molecule has 6 heteroatoms. The van der Waals surface area contributed by atoms with Gasteiger partial charge >= 0.3 is 0 Å². The van der Waals surface area contributed by atoms with E-state index >= 15 is 0 Å². The van der Waals surface area contributed by atoms with E-state index in [2.05, 4.69) is 0 Å². The van der Waals surface area contributed by atoms with Gasteiger partial charge in [0.05, 0.1) is 19.1 Å². The molecule has 0 radical (unpaired) electrons. The lowest BCUT2D eigenvalue weighted by Crippen LogP contribution is -2.45. The number of hydrogen-bond acceptors (Lipinski definition) is 3. The summed E-state index contributed by atoms with van der Waals surface area (Å²) in [6.07, 6.45) is 0.0145. The Kier molecular flexibility index (Phi) is 5.14. The van der Waals surface area contributed by atoms with Gasteiger partial charge in [0.15, 0.2) is 0 Å². The van der Waals surface area contributed by atoms with E-state index in [0.29, 0.717) is 31.3 Å². The minimum atomic E-state index is -0.317. The lowest BCUT2D eigenvalue weighted by atomic mass is 10.0. The van der Waals surface area contributed by atoms with Crippen LogP contribution >= 0.6 is 11.6 Å². The van der Waals surface area contributed by atoms with Crippen molar-refractivity contribution in [2.75, 3.05) is 31.1 Å². The third kappa shape index (κ3) is 3.70. The average Bonchev–Trinajstić information content (AvgIpc) is 3.10. The molecule has 2 aromatic carbocycles. The molecule has 0 aromatic heterocycles. The van der Waals surface area contributed by atoms with Crippen molar-refractivity contribution >= 4 is 29.1 Å². The van der Waals surface area contributed by atoms with Gasteiger partial charge in [-0.15, -0.1) is 0 Å². The van der Waals surface area contributed by atoms with E-state index in [4.69, 9.17) is 16.3 Å². The number of carbonyl (C=O) groups excluding carboxylic acids is 2. The number of para-hydroxylation sites is 1. The number of hydrogen-bond donors (Lipinski definition) is 0. The Bertz CT molecular complexity index is 842. The van der Waals surface area contributed by atoms with Gasteiger partial charge in [-0.3, -0.25) is 9.59 Å². The Morgan fingerprint density at radius 2 is 1.78 bits per heavy atom. The standard InChI is InChI=1S/C21H21ClN2O3/c22-18-9-5-4-8-17(18)19-14-23(10-11-27-19)21(26)15-12-20(25)24(13-15)16-6-2-1-3-7-16/h1-9,15,19H,10-14H2. The molecule has 0 spiro atoms. The molecule has 0 N–H and O–H groups in total. The number of amides is 2. The van der Waals surface area contributed by atoms with E-state index in [1.807, 2.05) is 59.5 Å². The van der Waals surface area contributed by atoms with Crippen molar-refractivity contribution < 1.29 is 14.3 Å². The number of anilines is 1. The van der Waals surface area contributed by atoms with Crippen LogP contribution in [-0.4, -0.2) is 43.0 Å². The number of carbonyl (C=O) groups is 2. The summed E-state index contributed by atoms with van der Waals surface area (Å²) in [7, 11) is 0. The SMILES string of the molecule is O=C(C1CC(=O)N(c2ccccc2)C1)N1CCOC(c2ccccc2Cl)C1. The molecular weight excluding hydrogens is 364 g/mol. The zero-order chi connectivity index (χ0) is 18.8. The predicted octanol–water partition coefficient (Wildman–Crippen LogP) is 3.29. The molecule has 2 aromatic rings. The molecule has 2 atom stereocenters. The molecule has 2 saturated heterocycles. The van der Waals surface area contributed by atoms with Crippen LogP contribution in [0, 0.1) is 5.92 Å². The summed E-state index contributed by atoms with van der Waals surface area (Å²) in [6.45, 7) is 1.88. The predicted molar refractivity (Wildman–Crippen MR) is 104 cm³/mol. The normalized spacial score (nSPS) is 22.9. The number of halogens is 1. The summed E-state index contributed by atoms with van der Waals surface area (Å²) in [5.41, 5.74) is 1.73. The van der Waals surface area contributed by atoms with Gasteiger partial charge in [-0.1, -0.05) is 48.0 Å². The molecule has 2 heterocycles. The molecule has 2 unspecified atom stereocenters. The fraction of sp³-hybridized carbons (Fsp3) is 0.333. The smallest absolute Gasteiger partial charge is 0.228 e. The van der Waals surface area contributed by atoms with Crippen LogP contribution in [-0.2, 0) is 14.3 Å². The van der Waals surface area contributed by atoms with E-state index in [1.165, 1.54) is 0 Å². The number of ether oxygens (including phenoxy) is 1. The molecule has 5 nitrogen and oxygen atoms in total. The molecule has 0 bridgehead atoms. The van der Waals surface area contributed by atoms with Gasteiger partial charge in [0, 0.05) is 35.8 Å². The maximum absolute atomic E-state index is 13.0.